The molecule has 1 aromatic rings. The largest absolute Gasteiger partial charge is 0.490 e. The first-order chi connectivity index (χ1) is 8.12. The van der Waals surface area contributed by atoms with Crippen LogP contribution in [0.4, 0.5) is 5.69 Å². The smallest absolute Gasteiger partial charge is 0.337 e. The summed E-state index contributed by atoms with van der Waals surface area (Å²) >= 11 is 0. The fraction of sp³-hybridized carbons (Fsp3) is 0.333. The molecule has 1 amide bonds. The van der Waals surface area contributed by atoms with Crippen molar-refractivity contribution in [3.8, 4) is 5.75 Å². The van der Waals surface area contributed by atoms with Crippen LogP contribution in [0.25, 0.3) is 0 Å². The number of carbonyl (C=O) groups is 2. The number of para-hydroxylation sites is 1. The maximum atomic E-state index is 12.0. The molecule has 0 atom stereocenters. The van der Waals surface area contributed by atoms with Gasteiger partial charge in [-0.1, -0.05) is 6.07 Å². The second-order valence-corrected chi connectivity index (χ2v) is 4.51. The zero-order chi connectivity index (χ0) is 12.0. The Kier molecular flexibility index (Phi) is 1.92. The molecule has 5 heteroatoms. The van der Waals surface area contributed by atoms with Crippen LogP contribution in [0.5, 0.6) is 5.75 Å². The minimum absolute atomic E-state index is 0.0635. The molecule has 2 aliphatic rings. The van der Waals surface area contributed by atoms with Crippen molar-refractivity contribution in [2.75, 3.05) is 11.9 Å². The van der Waals surface area contributed by atoms with Crippen molar-refractivity contribution in [2.45, 2.75) is 12.8 Å². The van der Waals surface area contributed by atoms with Crippen LogP contribution in [0.3, 0.4) is 0 Å². The lowest BCUT2D eigenvalue weighted by atomic mass is 10.1. The van der Waals surface area contributed by atoms with Gasteiger partial charge in [-0.2, -0.15) is 0 Å². The van der Waals surface area contributed by atoms with Crippen LogP contribution in [-0.4, -0.2) is 23.6 Å². The fourth-order valence-corrected chi connectivity index (χ4v) is 2.01. The van der Waals surface area contributed by atoms with Gasteiger partial charge in [0.2, 0.25) is 5.91 Å². The van der Waals surface area contributed by atoms with Crippen molar-refractivity contribution < 1.29 is 19.4 Å². The number of benzene rings is 1. The summed E-state index contributed by atoms with van der Waals surface area (Å²) in [5.74, 6) is -0.774. The van der Waals surface area contributed by atoms with Gasteiger partial charge in [0.05, 0.1) is 16.7 Å². The zero-order valence-corrected chi connectivity index (χ0v) is 9.03. The molecule has 1 aliphatic heterocycles. The predicted octanol–water partition coefficient (Wildman–Crippen LogP) is 1.50. The molecule has 1 aromatic carbocycles. The molecule has 1 spiro atoms. The van der Waals surface area contributed by atoms with Crippen molar-refractivity contribution in [2.24, 2.45) is 5.41 Å². The first-order valence-corrected chi connectivity index (χ1v) is 5.43. The first kappa shape index (κ1) is 10.1. The fourth-order valence-electron chi connectivity index (χ4n) is 2.01. The van der Waals surface area contributed by atoms with Crippen LogP contribution < -0.4 is 10.1 Å². The summed E-state index contributed by atoms with van der Waals surface area (Å²) in [6, 6.07) is 4.73. The Hall–Kier alpha value is -2.04. The van der Waals surface area contributed by atoms with Crippen LogP contribution in [-0.2, 0) is 4.79 Å². The summed E-state index contributed by atoms with van der Waals surface area (Å²) < 4.78 is 5.54. The highest BCUT2D eigenvalue weighted by molar-refractivity contribution is 6.05. The molecule has 1 heterocycles. The van der Waals surface area contributed by atoms with Crippen molar-refractivity contribution >= 4 is 17.6 Å². The van der Waals surface area contributed by atoms with Gasteiger partial charge in [-0.15, -0.1) is 0 Å². The molecular weight excluding hydrogens is 222 g/mol. The Morgan fingerprint density at radius 1 is 1.41 bits per heavy atom. The van der Waals surface area contributed by atoms with Crippen molar-refractivity contribution in [3.63, 3.8) is 0 Å². The van der Waals surface area contributed by atoms with Gasteiger partial charge >= 0.3 is 5.97 Å². The highest BCUT2D eigenvalue weighted by atomic mass is 16.5. The van der Waals surface area contributed by atoms with Gasteiger partial charge in [0.15, 0.2) is 0 Å². The van der Waals surface area contributed by atoms with E-state index in [0.717, 1.165) is 12.8 Å². The standard InChI is InChI=1S/C12H11NO4/c14-10(15)7-2-1-3-8-9(7)13-11(16)12(4-5-12)6-17-8/h1-3H,4-6H2,(H,13,16)(H,14,15). The highest BCUT2D eigenvalue weighted by Crippen LogP contribution is 2.49. The molecule has 3 rings (SSSR count). The molecule has 0 radical (unpaired) electrons. The summed E-state index contributed by atoms with van der Waals surface area (Å²) in [5, 5.41) is 11.7. The number of hydrogen-bond acceptors (Lipinski definition) is 3. The lowest BCUT2D eigenvalue weighted by molar-refractivity contribution is -0.121. The van der Waals surface area contributed by atoms with E-state index in [4.69, 9.17) is 9.84 Å². The third kappa shape index (κ3) is 1.46. The van der Waals surface area contributed by atoms with E-state index in [1.54, 1.807) is 12.1 Å². The monoisotopic (exact) mass is 233 g/mol. The summed E-state index contributed by atoms with van der Waals surface area (Å²) in [5.41, 5.74) is -0.100. The van der Waals surface area contributed by atoms with Crippen molar-refractivity contribution in [1.29, 1.82) is 0 Å². The quantitative estimate of drug-likeness (QED) is 0.770. The molecular formula is C12H11NO4. The molecule has 0 saturated heterocycles. The maximum Gasteiger partial charge on any atom is 0.337 e. The minimum atomic E-state index is -1.07. The molecule has 0 aromatic heterocycles. The Bertz CT molecular complexity index is 519. The summed E-state index contributed by atoms with van der Waals surface area (Å²) in [7, 11) is 0. The second kappa shape index (κ2) is 3.23. The number of nitrogens with one attached hydrogen (secondary N) is 1. The number of rotatable bonds is 1. The van der Waals surface area contributed by atoms with Gasteiger partial charge in [-0.05, 0) is 25.0 Å². The summed E-state index contributed by atoms with van der Waals surface area (Å²) in [4.78, 5) is 23.0. The summed E-state index contributed by atoms with van der Waals surface area (Å²) in [6.45, 7) is 0.328. The Morgan fingerprint density at radius 2 is 2.18 bits per heavy atom. The highest BCUT2D eigenvalue weighted by Gasteiger charge is 2.52. The number of aromatic carboxylic acids is 1. The van der Waals surface area contributed by atoms with E-state index in [9.17, 15) is 9.59 Å². The van der Waals surface area contributed by atoms with Gasteiger partial charge in [0.1, 0.15) is 12.4 Å². The van der Waals surface area contributed by atoms with Gasteiger partial charge in [0.25, 0.3) is 0 Å². The number of ether oxygens (including phenoxy) is 1. The van der Waals surface area contributed by atoms with Gasteiger partial charge < -0.3 is 15.2 Å². The van der Waals surface area contributed by atoms with Crippen LogP contribution in [0.1, 0.15) is 23.2 Å². The molecule has 5 nitrogen and oxygen atoms in total. The maximum absolute atomic E-state index is 12.0. The zero-order valence-electron chi connectivity index (χ0n) is 9.03. The van der Waals surface area contributed by atoms with E-state index in [1.807, 2.05) is 0 Å². The number of carboxylic acid groups (broad SMARTS) is 1. The van der Waals surface area contributed by atoms with Crippen molar-refractivity contribution in [3.05, 3.63) is 23.8 Å². The average Bonchev–Trinajstić information content (AvgIpc) is 3.09. The van der Waals surface area contributed by atoms with E-state index >= 15 is 0 Å². The Balaban J connectivity index is 2.07. The van der Waals surface area contributed by atoms with E-state index < -0.39 is 11.4 Å². The van der Waals surface area contributed by atoms with E-state index in [2.05, 4.69) is 5.32 Å². The number of carbonyl (C=O) groups excluding carboxylic acids is 1. The van der Waals surface area contributed by atoms with Gasteiger partial charge in [-0.25, -0.2) is 4.79 Å². The van der Waals surface area contributed by atoms with Crippen LogP contribution in [0.2, 0.25) is 0 Å². The Morgan fingerprint density at radius 3 is 2.82 bits per heavy atom. The van der Waals surface area contributed by atoms with Crippen LogP contribution in [0.15, 0.2) is 18.2 Å². The first-order valence-electron chi connectivity index (χ1n) is 5.43. The van der Waals surface area contributed by atoms with Gasteiger partial charge in [0, 0.05) is 0 Å². The predicted molar refractivity (Wildman–Crippen MR) is 59.2 cm³/mol. The Labute approximate surface area is 97.4 Å². The molecule has 1 aliphatic carbocycles. The van der Waals surface area contributed by atoms with Crippen LogP contribution >= 0.6 is 0 Å². The molecule has 1 fully saturated rings. The molecule has 1 saturated carbocycles. The molecule has 88 valence electrons. The van der Waals surface area contributed by atoms with E-state index in [0.29, 0.717) is 12.4 Å². The molecule has 17 heavy (non-hydrogen) atoms. The number of anilines is 1. The third-order valence-corrected chi connectivity index (χ3v) is 3.33. The van der Waals surface area contributed by atoms with Gasteiger partial charge in [-0.3, -0.25) is 4.79 Å². The SMILES string of the molecule is O=C(O)c1cccc2c1NC(=O)C1(CC1)CO2. The van der Waals surface area contributed by atoms with Crippen LogP contribution in [0, 0.1) is 5.41 Å². The average molecular weight is 233 g/mol. The summed E-state index contributed by atoms with van der Waals surface area (Å²) in [6.07, 6.45) is 1.60. The lowest BCUT2D eigenvalue weighted by Gasteiger charge is -2.09. The van der Waals surface area contributed by atoms with E-state index in [-0.39, 0.29) is 17.2 Å². The second-order valence-electron chi connectivity index (χ2n) is 4.51. The topological polar surface area (TPSA) is 75.6 Å². The normalized spacial score (nSPS) is 19.9. The van der Waals surface area contributed by atoms with Crippen molar-refractivity contribution in [1.82, 2.24) is 0 Å². The van der Waals surface area contributed by atoms with E-state index in [1.165, 1.54) is 6.07 Å². The number of hydrogen-bond donors (Lipinski definition) is 2. The lowest BCUT2D eigenvalue weighted by Crippen LogP contribution is -2.27. The molecule has 0 bridgehead atoms. The molecule has 0 unspecified atom stereocenters. The number of carboxylic acids is 1. The number of fused-ring (bicyclic) bond motifs is 1. The third-order valence-electron chi connectivity index (χ3n) is 3.33. The minimum Gasteiger partial charge on any atom is -0.490 e. The molecule has 2 N–H and O–H groups in total. The number of amides is 1.